The second kappa shape index (κ2) is 9.11. The zero-order valence-electron chi connectivity index (χ0n) is 17.3. The molecule has 32 heavy (non-hydrogen) atoms. The first-order chi connectivity index (χ1) is 15.8. The summed E-state index contributed by atoms with van der Waals surface area (Å²) in [5.41, 5.74) is 3.12. The summed E-state index contributed by atoms with van der Waals surface area (Å²) in [7, 11) is 0. The minimum absolute atomic E-state index is 0.0775. The number of carbonyl (C=O) groups excluding carboxylic acids is 1. The molecule has 7 heteroatoms. The molecule has 2 atom stereocenters. The first-order valence-electron chi connectivity index (χ1n) is 10.5. The number of amides is 1. The molecule has 160 valence electrons. The van der Waals surface area contributed by atoms with Gasteiger partial charge in [0, 0.05) is 23.9 Å². The Bertz CT molecular complexity index is 1190. The summed E-state index contributed by atoms with van der Waals surface area (Å²) in [6, 6.07) is 20.8. The van der Waals surface area contributed by atoms with Crippen molar-refractivity contribution in [1.82, 2.24) is 20.4 Å². The van der Waals surface area contributed by atoms with Crippen LogP contribution in [-0.2, 0) is 11.2 Å². The number of aromatic nitrogens is 3. The summed E-state index contributed by atoms with van der Waals surface area (Å²) in [6.07, 6.45) is 4.38. The highest BCUT2D eigenvalue weighted by molar-refractivity contribution is 6.00. The van der Waals surface area contributed by atoms with Crippen LogP contribution in [0.2, 0.25) is 0 Å². The van der Waals surface area contributed by atoms with Crippen molar-refractivity contribution in [1.29, 1.82) is 0 Å². The van der Waals surface area contributed by atoms with E-state index in [2.05, 4.69) is 20.4 Å². The molecule has 1 aliphatic heterocycles. The quantitative estimate of drug-likeness (QED) is 0.505. The topological polar surface area (TPSA) is 90.1 Å². The van der Waals surface area contributed by atoms with E-state index in [0.717, 1.165) is 12.0 Å². The zero-order valence-corrected chi connectivity index (χ0v) is 17.3. The fourth-order valence-electron chi connectivity index (χ4n) is 3.93. The van der Waals surface area contributed by atoms with E-state index in [1.807, 2.05) is 60.7 Å². The SMILES string of the molecule is O=C(N[C@H]1COC[C@H]1Cc1ccncc1)c1ccccc1-c1nc(-c2ccccc2)no1. The van der Waals surface area contributed by atoms with E-state index < -0.39 is 0 Å². The molecule has 0 unspecified atom stereocenters. The molecule has 2 aromatic heterocycles. The summed E-state index contributed by atoms with van der Waals surface area (Å²) in [6.45, 7) is 1.10. The summed E-state index contributed by atoms with van der Waals surface area (Å²) >= 11 is 0. The normalized spacial score (nSPS) is 17.9. The van der Waals surface area contributed by atoms with Crippen LogP contribution in [0.3, 0.4) is 0 Å². The lowest BCUT2D eigenvalue weighted by molar-refractivity contribution is 0.0925. The Kier molecular flexibility index (Phi) is 5.72. The van der Waals surface area contributed by atoms with Crippen molar-refractivity contribution >= 4 is 5.91 Å². The van der Waals surface area contributed by atoms with Crippen LogP contribution in [-0.4, -0.2) is 40.3 Å². The Balaban J connectivity index is 1.35. The van der Waals surface area contributed by atoms with E-state index >= 15 is 0 Å². The maximum Gasteiger partial charge on any atom is 0.259 e. The van der Waals surface area contributed by atoms with Crippen LogP contribution in [0.1, 0.15) is 15.9 Å². The zero-order chi connectivity index (χ0) is 21.8. The van der Waals surface area contributed by atoms with E-state index in [0.29, 0.717) is 36.1 Å². The van der Waals surface area contributed by atoms with Gasteiger partial charge in [-0.15, -0.1) is 0 Å². The van der Waals surface area contributed by atoms with Crippen molar-refractivity contribution in [3.63, 3.8) is 0 Å². The van der Waals surface area contributed by atoms with Gasteiger partial charge >= 0.3 is 0 Å². The van der Waals surface area contributed by atoms with Gasteiger partial charge in [-0.3, -0.25) is 9.78 Å². The maximum absolute atomic E-state index is 13.2. The van der Waals surface area contributed by atoms with Crippen LogP contribution in [0.25, 0.3) is 22.8 Å². The highest BCUT2D eigenvalue weighted by Crippen LogP contribution is 2.26. The third-order valence-electron chi connectivity index (χ3n) is 5.62. The molecule has 1 aliphatic rings. The fraction of sp³-hybridized carbons (Fsp3) is 0.200. The van der Waals surface area contributed by atoms with Crippen molar-refractivity contribution in [3.05, 3.63) is 90.3 Å². The van der Waals surface area contributed by atoms with Gasteiger partial charge in [0.2, 0.25) is 5.82 Å². The Morgan fingerprint density at radius 1 is 0.969 bits per heavy atom. The third kappa shape index (κ3) is 4.29. The fourth-order valence-corrected chi connectivity index (χ4v) is 3.93. The van der Waals surface area contributed by atoms with Crippen molar-refractivity contribution in [3.8, 4) is 22.8 Å². The summed E-state index contributed by atoms with van der Waals surface area (Å²) in [5.74, 6) is 0.805. The highest BCUT2D eigenvalue weighted by atomic mass is 16.5. The van der Waals surface area contributed by atoms with Crippen LogP contribution in [0.15, 0.2) is 83.6 Å². The first-order valence-corrected chi connectivity index (χ1v) is 10.5. The monoisotopic (exact) mass is 426 g/mol. The van der Waals surface area contributed by atoms with Gasteiger partial charge in [0.05, 0.1) is 30.4 Å². The van der Waals surface area contributed by atoms with Gasteiger partial charge in [0.1, 0.15) is 0 Å². The van der Waals surface area contributed by atoms with Crippen molar-refractivity contribution in [2.24, 2.45) is 5.92 Å². The Hall–Kier alpha value is -3.84. The molecule has 1 fully saturated rings. The van der Waals surface area contributed by atoms with Crippen LogP contribution in [0.5, 0.6) is 0 Å². The van der Waals surface area contributed by atoms with E-state index in [9.17, 15) is 4.79 Å². The first kappa shape index (κ1) is 20.1. The van der Waals surface area contributed by atoms with Crippen LogP contribution in [0, 0.1) is 5.92 Å². The highest BCUT2D eigenvalue weighted by Gasteiger charge is 2.30. The molecular weight excluding hydrogens is 404 g/mol. The van der Waals surface area contributed by atoms with Crippen molar-refractivity contribution in [2.45, 2.75) is 12.5 Å². The Morgan fingerprint density at radius 2 is 1.75 bits per heavy atom. The summed E-state index contributed by atoms with van der Waals surface area (Å²) in [4.78, 5) is 21.8. The van der Waals surface area contributed by atoms with E-state index in [1.54, 1.807) is 18.5 Å². The van der Waals surface area contributed by atoms with Crippen LogP contribution < -0.4 is 5.32 Å². The molecule has 5 rings (SSSR count). The average Bonchev–Trinajstić information content (AvgIpc) is 3.50. The van der Waals surface area contributed by atoms with Gasteiger partial charge in [-0.2, -0.15) is 4.98 Å². The van der Waals surface area contributed by atoms with E-state index in [1.165, 1.54) is 5.56 Å². The number of benzene rings is 2. The maximum atomic E-state index is 13.2. The number of pyridine rings is 1. The van der Waals surface area contributed by atoms with Crippen molar-refractivity contribution < 1.29 is 14.1 Å². The molecule has 1 saturated heterocycles. The molecule has 3 heterocycles. The predicted octanol–water partition coefficient (Wildman–Crippen LogP) is 3.79. The third-order valence-corrected chi connectivity index (χ3v) is 5.62. The number of rotatable bonds is 6. The van der Waals surface area contributed by atoms with Crippen LogP contribution >= 0.6 is 0 Å². The minimum Gasteiger partial charge on any atom is -0.379 e. The number of nitrogens with zero attached hydrogens (tertiary/aromatic N) is 3. The Labute approximate surface area is 185 Å². The molecule has 4 aromatic rings. The van der Waals surface area contributed by atoms with Gasteiger partial charge in [-0.25, -0.2) is 0 Å². The van der Waals surface area contributed by atoms with Gasteiger partial charge in [0.25, 0.3) is 11.8 Å². The molecule has 2 aromatic carbocycles. The number of hydrogen-bond donors (Lipinski definition) is 1. The molecule has 0 bridgehead atoms. The number of carbonyl (C=O) groups is 1. The second-order valence-electron chi connectivity index (χ2n) is 7.77. The lowest BCUT2D eigenvalue weighted by Crippen LogP contribution is -2.40. The van der Waals surface area contributed by atoms with Gasteiger partial charge in [0.15, 0.2) is 0 Å². The Morgan fingerprint density at radius 3 is 2.59 bits per heavy atom. The molecule has 0 aliphatic carbocycles. The number of nitrogens with one attached hydrogen (secondary N) is 1. The lowest BCUT2D eigenvalue weighted by atomic mass is 9.95. The molecule has 0 saturated carbocycles. The van der Waals surface area contributed by atoms with Gasteiger partial charge in [-0.05, 0) is 36.2 Å². The average molecular weight is 426 g/mol. The predicted molar refractivity (Wildman–Crippen MR) is 119 cm³/mol. The van der Waals surface area contributed by atoms with Gasteiger partial charge < -0.3 is 14.6 Å². The molecule has 0 spiro atoms. The number of ether oxygens (including phenoxy) is 1. The van der Waals surface area contributed by atoms with Gasteiger partial charge in [-0.1, -0.05) is 47.6 Å². The van der Waals surface area contributed by atoms with E-state index in [4.69, 9.17) is 9.26 Å². The molecule has 7 nitrogen and oxygen atoms in total. The van der Waals surface area contributed by atoms with Crippen LogP contribution in [0.4, 0.5) is 0 Å². The number of hydrogen-bond acceptors (Lipinski definition) is 6. The van der Waals surface area contributed by atoms with Crippen molar-refractivity contribution in [2.75, 3.05) is 13.2 Å². The molecule has 1 amide bonds. The summed E-state index contributed by atoms with van der Waals surface area (Å²) < 4.78 is 11.2. The largest absolute Gasteiger partial charge is 0.379 e. The second-order valence-corrected chi connectivity index (χ2v) is 7.77. The molecule has 1 N–H and O–H groups in total. The molecular formula is C25H22N4O3. The smallest absolute Gasteiger partial charge is 0.259 e. The lowest BCUT2D eigenvalue weighted by Gasteiger charge is -2.19. The molecule has 0 radical (unpaired) electrons. The minimum atomic E-state index is -0.185. The standard InChI is InChI=1S/C25H22N4O3/c30-24(27-22-16-31-15-19(22)14-17-10-12-26-13-11-17)20-8-4-5-9-21(20)25-28-23(29-32-25)18-6-2-1-3-7-18/h1-13,19,22H,14-16H2,(H,27,30)/t19-,22+/m1/s1. The summed E-state index contributed by atoms with van der Waals surface area (Å²) in [5, 5.41) is 7.23. The van der Waals surface area contributed by atoms with E-state index in [-0.39, 0.29) is 17.9 Å².